The van der Waals surface area contributed by atoms with E-state index in [1.807, 2.05) is 26.2 Å². The van der Waals surface area contributed by atoms with Gasteiger partial charge in [-0.2, -0.15) is 0 Å². The first-order valence-corrected chi connectivity index (χ1v) is 7.32. The topological polar surface area (TPSA) is 48.6 Å². The largest absolute Gasteiger partial charge is 0.506 e. The van der Waals surface area contributed by atoms with Crippen molar-refractivity contribution in [2.75, 3.05) is 20.6 Å². The van der Waals surface area contributed by atoms with Crippen LogP contribution in [0.4, 0.5) is 0 Å². The van der Waals surface area contributed by atoms with Crippen molar-refractivity contribution in [1.29, 1.82) is 0 Å². The number of nitrogens with one attached hydrogen (secondary N) is 1. The zero-order chi connectivity index (χ0) is 15.4. The molecule has 0 amide bonds. The Morgan fingerprint density at radius 3 is 2.71 bits per heavy atom. The third-order valence-corrected chi connectivity index (χ3v) is 3.76. The molecule has 2 rings (SSSR count). The van der Waals surface area contributed by atoms with Gasteiger partial charge in [-0.1, -0.05) is 23.2 Å². The van der Waals surface area contributed by atoms with Crippen molar-refractivity contribution in [3.63, 3.8) is 0 Å². The predicted octanol–water partition coefficient (Wildman–Crippen LogP) is 3.68. The molecule has 1 unspecified atom stereocenters. The van der Waals surface area contributed by atoms with E-state index in [4.69, 9.17) is 27.6 Å². The van der Waals surface area contributed by atoms with E-state index >= 15 is 0 Å². The molecule has 6 heteroatoms. The number of halogens is 2. The molecule has 4 nitrogen and oxygen atoms in total. The van der Waals surface area contributed by atoms with Crippen LogP contribution in [0.5, 0.6) is 5.75 Å². The van der Waals surface area contributed by atoms with Crippen molar-refractivity contribution >= 4 is 23.2 Å². The van der Waals surface area contributed by atoms with Gasteiger partial charge in [0.05, 0.1) is 17.3 Å². The van der Waals surface area contributed by atoms with Crippen molar-refractivity contribution in [2.45, 2.75) is 12.6 Å². The van der Waals surface area contributed by atoms with Gasteiger partial charge in [0, 0.05) is 23.7 Å². The summed E-state index contributed by atoms with van der Waals surface area (Å²) in [6, 6.07) is 7.15. The van der Waals surface area contributed by atoms with Crippen molar-refractivity contribution in [3.05, 3.63) is 51.9 Å². The summed E-state index contributed by atoms with van der Waals surface area (Å²) in [6.45, 7) is 1.14. The summed E-state index contributed by atoms with van der Waals surface area (Å²) in [5.74, 6) is 0.953. The summed E-state index contributed by atoms with van der Waals surface area (Å²) in [7, 11) is 3.98. The first-order chi connectivity index (χ1) is 9.99. The number of aromatic hydroxyl groups is 1. The highest BCUT2D eigenvalue weighted by molar-refractivity contribution is 6.35. The maximum Gasteiger partial charge on any atom is 0.138 e. The lowest BCUT2D eigenvalue weighted by molar-refractivity contribution is 0.250. The average molecular weight is 329 g/mol. The number of phenols is 1. The Hall–Kier alpha value is -1.20. The molecule has 2 aromatic rings. The van der Waals surface area contributed by atoms with Crippen LogP contribution in [0.3, 0.4) is 0 Å². The molecule has 1 aromatic heterocycles. The highest BCUT2D eigenvalue weighted by Crippen LogP contribution is 2.31. The minimum Gasteiger partial charge on any atom is -0.506 e. The van der Waals surface area contributed by atoms with E-state index in [1.54, 1.807) is 12.3 Å². The molecule has 1 heterocycles. The van der Waals surface area contributed by atoms with Gasteiger partial charge in [0.1, 0.15) is 11.5 Å². The van der Waals surface area contributed by atoms with Gasteiger partial charge in [-0.05, 0) is 38.4 Å². The standard InChI is InChI=1S/C15H18Cl2N2O2/c1-19(2)13(14-4-3-5-21-14)9-18-8-10-6-11(16)7-12(17)15(10)20/h3-7,13,18,20H,8-9H2,1-2H3. The number of hydrogen-bond acceptors (Lipinski definition) is 4. The quantitative estimate of drug-likeness (QED) is 0.849. The second-order valence-electron chi connectivity index (χ2n) is 5.02. The molecular formula is C15H18Cl2N2O2. The van der Waals surface area contributed by atoms with E-state index in [0.717, 1.165) is 5.76 Å². The number of hydrogen-bond donors (Lipinski definition) is 2. The minimum atomic E-state index is 0.0629. The van der Waals surface area contributed by atoms with E-state index in [-0.39, 0.29) is 16.8 Å². The second kappa shape index (κ2) is 7.18. The molecule has 0 saturated carbocycles. The Kier molecular flexibility index (Phi) is 5.53. The van der Waals surface area contributed by atoms with Crippen LogP contribution in [-0.2, 0) is 6.54 Å². The molecule has 0 spiro atoms. The Labute approximate surface area is 134 Å². The maximum absolute atomic E-state index is 9.92. The first-order valence-electron chi connectivity index (χ1n) is 6.56. The Balaban J connectivity index is 2.00. The molecule has 0 fully saturated rings. The molecule has 0 aliphatic heterocycles. The Morgan fingerprint density at radius 1 is 1.33 bits per heavy atom. The lowest BCUT2D eigenvalue weighted by Crippen LogP contribution is -2.30. The number of nitrogens with zero attached hydrogens (tertiary/aromatic N) is 1. The fourth-order valence-corrected chi connectivity index (χ4v) is 2.65. The first kappa shape index (κ1) is 16.2. The molecule has 0 bridgehead atoms. The van der Waals surface area contributed by atoms with Crippen molar-refractivity contribution in [1.82, 2.24) is 10.2 Å². The maximum atomic E-state index is 9.92. The molecule has 114 valence electrons. The molecule has 2 N–H and O–H groups in total. The summed E-state index contributed by atoms with van der Waals surface area (Å²) >= 11 is 11.9. The van der Waals surface area contributed by atoms with Crippen molar-refractivity contribution in [3.8, 4) is 5.75 Å². The molecular weight excluding hydrogens is 311 g/mol. The number of benzene rings is 1. The second-order valence-corrected chi connectivity index (χ2v) is 5.86. The Bertz CT molecular complexity index is 586. The lowest BCUT2D eigenvalue weighted by atomic mass is 10.1. The fraction of sp³-hybridized carbons (Fsp3) is 0.333. The normalized spacial score (nSPS) is 12.8. The van der Waals surface area contributed by atoms with Gasteiger partial charge in [-0.25, -0.2) is 0 Å². The fourth-order valence-electron chi connectivity index (χ4n) is 2.12. The number of furan rings is 1. The minimum absolute atomic E-state index is 0.0629. The number of likely N-dealkylation sites (N-methyl/N-ethyl adjacent to an activating group) is 1. The number of phenolic OH excluding ortho intramolecular Hbond substituents is 1. The number of rotatable bonds is 6. The van der Waals surface area contributed by atoms with E-state index in [0.29, 0.717) is 23.7 Å². The zero-order valence-electron chi connectivity index (χ0n) is 11.9. The van der Waals surface area contributed by atoms with Crippen LogP contribution >= 0.6 is 23.2 Å². The summed E-state index contributed by atoms with van der Waals surface area (Å²) in [5.41, 5.74) is 0.671. The molecule has 0 aliphatic rings. The van der Waals surface area contributed by atoms with Gasteiger partial charge in [0.25, 0.3) is 0 Å². The van der Waals surface area contributed by atoms with Crippen LogP contribution in [0.15, 0.2) is 34.9 Å². The molecule has 0 saturated heterocycles. The van der Waals surface area contributed by atoms with Gasteiger partial charge in [-0.3, -0.25) is 4.90 Å². The van der Waals surface area contributed by atoms with Gasteiger partial charge in [-0.15, -0.1) is 0 Å². The highest BCUT2D eigenvalue weighted by atomic mass is 35.5. The highest BCUT2D eigenvalue weighted by Gasteiger charge is 2.16. The summed E-state index contributed by atoms with van der Waals surface area (Å²) < 4.78 is 5.45. The summed E-state index contributed by atoms with van der Waals surface area (Å²) in [6.07, 6.45) is 1.66. The molecule has 21 heavy (non-hydrogen) atoms. The van der Waals surface area contributed by atoms with Crippen LogP contribution in [0.2, 0.25) is 10.0 Å². The molecule has 0 aliphatic carbocycles. The summed E-state index contributed by atoms with van der Waals surface area (Å²) in [5, 5.41) is 14.0. The average Bonchev–Trinajstić information content (AvgIpc) is 2.93. The van der Waals surface area contributed by atoms with Crippen LogP contribution in [-0.4, -0.2) is 30.6 Å². The van der Waals surface area contributed by atoms with Gasteiger partial charge in [0.15, 0.2) is 0 Å². The van der Waals surface area contributed by atoms with E-state index < -0.39 is 0 Å². The van der Waals surface area contributed by atoms with E-state index in [1.165, 1.54) is 6.07 Å². The smallest absolute Gasteiger partial charge is 0.138 e. The van der Waals surface area contributed by atoms with Gasteiger partial charge in [0.2, 0.25) is 0 Å². The zero-order valence-corrected chi connectivity index (χ0v) is 13.4. The van der Waals surface area contributed by atoms with Crippen molar-refractivity contribution < 1.29 is 9.52 Å². The van der Waals surface area contributed by atoms with Crippen LogP contribution in [0.1, 0.15) is 17.4 Å². The monoisotopic (exact) mass is 328 g/mol. The lowest BCUT2D eigenvalue weighted by Gasteiger charge is -2.22. The van der Waals surface area contributed by atoms with E-state index in [2.05, 4.69) is 10.2 Å². The third kappa shape index (κ3) is 4.14. The van der Waals surface area contributed by atoms with Crippen molar-refractivity contribution in [2.24, 2.45) is 0 Å². The predicted molar refractivity (Wildman–Crippen MR) is 85.0 cm³/mol. The van der Waals surface area contributed by atoms with Crippen LogP contribution in [0.25, 0.3) is 0 Å². The molecule has 0 radical (unpaired) electrons. The SMILES string of the molecule is CN(C)C(CNCc1cc(Cl)cc(Cl)c1O)c1ccco1. The van der Waals surface area contributed by atoms with Gasteiger partial charge >= 0.3 is 0 Å². The van der Waals surface area contributed by atoms with Crippen LogP contribution < -0.4 is 5.32 Å². The molecule has 1 atom stereocenters. The third-order valence-electron chi connectivity index (χ3n) is 3.26. The summed E-state index contributed by atoms with van der Waals surface area (Å²) in [4.78, 5) is 2.07. The van der Waals surface area contributed by atoms with E-state index in [9.17, 15) is 5.11 Å². The van der Waals surface area contributed by atoms with Crippen LogP contribution in [0, 0.1) is 0 Å². The van der Waals surface area contributed by atoms with Gasteiger partial charge < -0.3 is 14.8 Å². The Morgan fingerprint density at radius 2 is 2.10 bits per heavy atom. The molecule has 1 aromatic carbocycles.